The van der Waals surface area contributed by atoms with Gasteiger partial charge >= 0.3 is 12.0 Å². The maximum Gasteiger partial charge on any atom is 0.337 e. The van der Waals surface area contributed by atoms with Crippen molar-refractivity contribution in [2.75, 3.05) is 12.0 Å². The highest BCUT2D eigenvalue weighted by Crippen LogP contribution is 2.23. The zero-order valence-electron chi connectivity index (χ0n) is 20.0. The molecule has 0 bridgehead atoms. The Morgan fingerprint density at radius 1 is 0.917 bits per heavy atom. The van der Waals surface area contributed by atoms with Gasteiger partial charge in [0.15, 0.2) is 0 Å². The van der Waals surface area contributed by atoms with E-state index in [9.17, 15) is 19.2 Å². The number of hydrogen-bond donors (Lipinski definition) is 1. The number of nitrogens with zero attached hydrogens (tertiary/aromatic N) is 1. The molecular weight excluding hydrogens is 460 g/mol. The molecule has 0 aromatic heterocycles. The summed E-state index contributed by atoms with van der Waals surface area (Å²) in [4.78, 5) is 50.4. The quantitative estimate of drug-likeness (QED) is 0.317. The van der Waals surface area contributed by atoms with Crippen molar-refractivity contribution < 1.29 is 28.7 Å². The molecule has 1 heterocycles. The standard InChI is InChI=1S/C28H24N2O6/c1-17-4-5-20(14-18(17)2)16-36-23-12-6-19(7-13-23)15-24-25(31)29-28(34)30(26(24)32)22-10-8-21(9-11-22)27(33)35-3/h4-15H,16H2,1-3H3,(H,29,31,34)/b24-15+. The van der Waals surface area contributed by atoms with Crippen LogP contribution in [0.5, 0.6) is 5.75 Å². The van der Waals surface area contributed by atoms with Gasteiger partial charge in [0, 0.05) is 0 Å². The van der Waals surface area contributed by atoms with Crippen molar-refractivity contribution in [2.24, 2.45) is 0 Å². The topological polar surface area (TPSA) is 102 Å². The first-order valence-corrected chi connectivity index (χ1v) is 11.2. The highest BCUT2D eigenvalue weighted by Gasteiger charge is 2.36. The van der Waals surface area contributed by atoms with Crippen LogP contribution in [0.2, 0.25) is 0 Å². The minimum atomic E-state index is -0.872. The lowest BCUT2D eigenvalue weighted by Crippen LogP contribution is -2.54. The molecule has 0 unspecified atom stereocenters. The molecule has 182 valence electrons. The molecule has 0 radical (unpaired) electrons. The molecule has 0 atom stereocenters. The number of imide groups is 2. The SMILES string of the molecule is COC(=O)c1ccc(N2C(=O)NC(=O)/C(=C\c3ccc(OCc4ccc(C)c(C)c4)cc3)C2=O)cc1. The molecule has 0 aliphatic carbocycles. The van der Waals surface area contributed by atoms with E-state index < -0.39 is 23.8 Å². The number of anilines is 1. The summed E-state index contributed by atoms with van der Waals surface area (Å²) < 4.78 is 10.5. The molecule has 3 aromatic carbocycles. The third kappa shape index (κ3) is 5.17. The smallest absolute Gasteiger partial charge is 0.337 e. The maximum absolute atomic E-state index is 13.1. The Morgan fingerprint density at radius 2 is 1.61 bits per heavy atom. The number of carbonyl (C=O) groups is 4. The number of carbonyl (C=O) groups excluding carboxylic acids is 4. The second-order valence-electron chi connectivity index (χ2n) is 8.27. The first kappa shape index (κ1) is 24.4. The molecule has 1 saturated heterocycles. The zero-order valence-corrected chi connectivity index (χ0v) is 20.0. The summed E-state index contributed by atoms with van der Waals surface area (Å²) >= 11 is 0. The van der Waals surface area contributed by atoms with Crippen LogP contribution in [-0.2, 0) is 20.9 Å². The number of ether oxygens (including phenoxy) is 2. The van der Waals surface area contributed by atoms with Crippen LogP contribution in [0.4, 0.5) is 10.5 Å². The van der Waals surface area contributed by atoms with Crippen LogP contribution in [-0.4, -0.2) is 30.9 Å². The number of benzene rings is 3. The van der Waals surface area contributed by atoms with Gasteiger partial charge in [0.05, 0.1) is 18.4 Å². The normalized spacial score (nSPS) is 14.6. The van der Waals surface area contributed by atoms with Crippen molar-refractivity contribution in [2.45, 2.75) is 20.5 Å². The molecule has 1 aliphatic heterocycles. The van der Waals surface area contributed by atoms with Crippen LogP contribution >= 0.6 is 0 Å². The fourth-order valence-electron chi connectivity index (χ4n) is 3.64. The fraction of sp³-hybridized carbons (Fsp3) is 0.143. The molecule has 0 spiro atoms. The Bertz CT molecular complexity index is 1370. The minimum absolute atomic E-state index is 0.199. The molecule has 8 heteroatoms. The van der Waals surface area contributed by atoms with Crippen molar-refractivity contribution in [3.63, 3.8) is 0 Å². The van der Waals surface area contributed by atoms with Gasteiger partial charge in [0.2, 0.25) is 0 Å². The fourth-order valence-corrected chi connectivity index (χ4v) is 3.64. The predicted octanol–water partition coefficient (Wildman–Crippen LogP) is 4.34. The van der Waals surface area contributed by atoms with E-state index in [1.165, 1.54) is 48.6 Å². The first-order valence-electron chi connectivity index (χ1n) is 11.2. The van der Waals surface area contributed by atoms with Crippen molar-refractivity contribution in [1.29, 1.82) is 0 Å². The van der Waals surface area contributed by atoms with Crippen molar-refractivity contribution >= 4 is 35.6 Å². The van der Waals surface area contributed by atoms with E-state index in [1.807, 2.05) is 6.07 Å². The predicted molar refractivity (Wildman–Crippen MR) is 133 cm³/mol. The first-order chi connectivity index (χ1) is 17.3. The number of urea groups is 1. The van der Waals surface area contributed by atoms with E-state index in [1.54, 1.807) is 24.3 Å². The Morgan fingerprint density at radius 3 is 2.25 bits per heavy atom. The number of methoxy groups -OCH3 is 1. The second kappa shape index (κ2) is 10.3. The van der Waals surface area contributed by atoms with Gasteiger partial charge in [-0.2, -0.15) is 0 Å². The third-order valence-corrected chi connectivity index (χ3v) is 5.82. The van der Waals surface area contributed by atoms with Gasteiger partial charge in [-0.05, 0) is 78.6 Å². The number of aryl methyl sites for hydroxylation is 2. The summed E-state index contributed by atoms with van der Waals surface area (Å²) in [6.07, 6.45) is 1.41. The zero-order chi connectivity index (χ0) is 25.8. The number of nitrogens with one attached hydrogen (secondary N) is 1. The number of amides is 4. The van der Waals surface area contributed by atoms with Crippen LogP contribution in [0, 0.1) is 13.8 Å². The number of esters is 1. The monoisotopic (exact) mass is 484 g/mol. The summed E-state index contributed by atoms with van der Waals surface area (Å²) in [7, 11) is 1.25. The minimum Gasteiger partial charge on any atom is -0.489 e. The number of barbiturate groups is 1. The molecule has 8 nitrogen and oxygen atoms in total. The summed E-state index contributed by atoms with van der Waals surface area (Å²) in [6, 6.07) is 17.9. The molecule has 4 rings (SSSR count). The van der Waals surface area contributed by atoms with Crippen molar-refractivity contribution in [1.82, 2.24) is 5.32 Å². The van der Waals surface area contributed by atoms with E-state index in [2.05, 4.69) is 36.0 Å². The van der Waals surface area contributed by atoms with Crippen LogP contribution in [0.15, 0.2) is 72.3 Å². The third-order valence-electron chi connectivity index (χ3n) is 5.82. The Hall–Kier alpha value is -4.72. The molecule has 36 heavy (non-hydrogen) atoms. The van der Waals surface area contributed by atoms with E-state index in [0.29, 0.717) is 17.9 Å². The van der Waals surface area contributed by atoms with Crippen molar-refractivity contribution in [3.05, 3.63) is 100 Å². The van der Waals surface area contributed by atoms with Gasteiger partial charge < -0.3 is 9.47 Å². The number of hydrogen-bond acceptors (Lipinski definition) is 6. The van der Waals surface area contributed by atoms with Gasteiger partial charge in [0.1, 0.15) is 17.9 Å². The summed E-state index contributed by atoms with van der Waals surface area (Å²) in [5, 5.41) is 2.18. The lowest BCUT2D eigenvalue weighted by molar-refractivity contribution is -0.122. The Balaban J connectivity index is 1.50. The van der Waals surface area contributed by atoms with E-state index in [0.717, 1.165) is 10.5 Å². The van der Waals surface area contributed by atoms with E-state index in [4.69, 9.17) is 4.74 Å². The van der Waals surface area contributed by atoms with Crippen LogP contribution in [0.1, 0.15) is 32.6 Å². The largest absolute Gasteiger partial charge is 0.489 e. The van der Waals surface area contributed by atoms with Gasteiger partial charge in [-0.1, -0.05) is 30.3 Å². The van der Waals surface area contributed by atoms with Gasteiger partial charge in [-0.15, -0.1) is 0 Å². The lowest BCUT2D eigenvalue weighted by atomic mass is 10.1. The van der Waals surface area contributed by atoms with Crippen LogP contribution in [0.25, 0.3) is 6.08 Å². The van der Waals surface area contributed by atoms with Gasteiger partial charge in [-0.3, -0.25) is 14.9 Å². The molecular formula is C28H24N2O6. The molecule has 1 fully saturated rings. The average molecular weight is 485 g/mol. The van der Waals surface area contributed by atoms with E-state index >= 15 is 0 Å². The van der Waals surface area contributed by atoms with E-state index in [-0.39, 0.29) is 16.8 Å². The van der Waals surface area contributed by atoms with Crippen LogP contribution in [0.3, 0.4) is 0 Å². The maximum atomic E-state index is 13.1. The summed E-state index contributed by atoms with van der Waals surface area (Å²) in [5.74, 6) is -1.47. The molecule has 1 aliphatic rings. The highest BCUT2D eigenvalue weighted by molar-refractivity contribution is 6.39. The molecule has 1 N–H and O–H groups in total. The van der Waals surface area contributed by atoms with Crippen LogP contribution < -0.4 is 15.0 Å². The lowest BCUT2D eigenvalue weighted by Gasteiger charge is -2.26. The van der Waals surface area contributed by atoms with Gasteiger partial charge in [-0.25, -0.2) is 14.5 Å². The van der Waals surface area contributed by atoms with Gasteiger partial charge in [0.25, 0.3) is 11.8 Å². The second-order valence-corrected chi connectivity index (χ2v) is 8.27. The van der Waals surface area contributed by atoms with Crippen molar-refractivity contribution in [3.8, 4) is 5.75 Å². The summed E-state index contributed by atoms with van der Waals surface area (Å²) in [5.41, 5.74) is 4.32. The molecule has 3 aromatic rings. The summed E-state index contributed by atoms with van der Waals surface area (Å²) in [6.45, 7) is 4.52. The Labute approximate surface area is 208 Å². The Kier molecular flexibility index (Phi) is 6.96. The molecule has 4 amide bonds. The number of rotatable bonds is 6. The average Bonchev–Trinajstić information content (AvgIpc) is 2.87. The highest BCUT2D eigenvalue weighted by atomic mass is 16.5. The molecule has 0 saturated carbocycles.